The minimum absolute atomic E-state index is 0. The summed E-state index contributed by atoms with van der Waals surface area (Å²) in [6, 6.07) is 5.50. The molecule has 0 bridgehead atoms. The summed E-state index contributed by atoms with van der Waals surface area (Å²) in [6.07, 6.45) is 0. The number of piperazine rings is 1. The largest absolute Gasteiger partial charge is 0.496 e. The number of ether oxygens (including phenoxy) is 1. The van der Waals surface area contributed by atoms with Gasteiger partial charge >= 0.3 is 0 Å². The molecule has 1 N–H and O–H groups in total. The SMILES string of the molecule is CNCC(C)C(=O)N1CCN(C(=O)c2ccc(C)c(OC)c2)CC1.Cl. The Morgan fingerprint density at radius 1 is 1.20 bits per heavy atom. The molecule has 0 saturated carbocycles. The zero-order valence-electron chi connectivity index (χ0n) is 15.4. The number of nitrogens with zero attached hydrogens (tertiary/aromatic N) is 2. The Morgan fingerprint density at radius 3 is 2.36 bits per heavy atom. The molecule has 1 saturated heterocycles. The number of carbonyl (C=O) groups excluding carboxylic acids is 2. The molecule has 1 atom stereocenters. The molecule has 0 spiro atoms. The average Bonchev–Trinajstić information content (AvgIpc) is 2.61. The van der Waals surface area contributed by atoms with Crippen LogP contribution in [-0.4, -0.2) is 68.5 Å². The molecule has 1 heterocycles. The third-order valence-corrected chi connectivity index (χ3v) is 4.47. The molecule has 0 aromatic heterocycles. The van der Waals surface area contributed by atoms with E-state index in [4.69, 9.17) is 4.74 Å². The van der Waals surface area contributed by atoms with Gasteiger partial charge in [0, 0.05) is 44.2 Å². The lowest BCUT2D eigenvalue weighted by Crippen LogP contribution is -2.52. The van der Waals surface area contributed by atoms with Gasteiger partial charge in [-0.05, 0) is 31.7 Å². The van der Waals surface area contributed by atoms with Crippen LogP contribution in [0.4, 0.5) is 0 Å². The zero-order valence-corrected chi connectivity index (χ0v) is 16.2. The van der Waals surface area contributed by atoms with Crippen molar-refractivity contribution in [3.05, 3.63) is 29.3 Å². The maximum atomic E-state index is 12.6. The van der Waals surface area contributed by atoms with Crippen molar-refractivity contribution in [2.75, 3.05) is 46.9 Å². The van der Waals surface area contributed by atoms with Crippen LogP contribution in [0.1, 0.15) is 22.8 Å². The van der Waals surface area contributed by atoms with E-state index in [1.54, 1.807) is 18.1 Å². The highest BCUT2D eigenvalue weighted by atomic mass is 35.5. The predicted octanol–water partition coefficient (Wildman–Crippen LogP) is 1.57. The summed E-state index contributed by atoms with van der Waals surface area (Å²) in [7, 11) is 3.45. The van der Waals surface area contributed by atoms with Crippen molar-refractivity contribution in [1.82, 2.24) is 15.1 Å². The molecule has 0 radical (unpaired) electrons. The average molecular weight is 370 g/mol. The number of hydrogen-bond donors (Lipinski definition) is 1. The maximum Gasteiger partial charge on any atom is 0.254 e. The van der Waals surface area contributed by atoms with E-state index in [0.717, 1.165) is 11.3 Å². The van der Waals surface area contributed by atoms with E-state index >= 15 is 0 Å². The van der Waals surface area contributed by atoms with Crippen molar-refractivity contribution in [3.63, 3.8) is 0 Å². The van der Waals surface area contributed by atoms with E-state index < -0.39 is 0 Å². The topological polar surface area (TPSA) is 61.9 Å². The lowest BCUT2D eigenvalue weighted by atomic mass is 10.1. The summed E-state index contributed by atoms with van der Waals surface area (Å²) in [4.78, 5) is 28.6. The fourth-order valence-electron chi connectivity index (χ4n) is 2.97. The van der Waals surface area contributed by atoms with Gasteiger partial charge in [0.05, 0.1) is 7.11 Å². The molecular formula is C18H28ClN3O3. The van der Waals surface area contributed by atoms with Crippen molar-refractivity contribution >= 4 is 24.2 Å². The minimum atomic E-state index is -0.0430. The van der Waals surface area contributed by atoms with Crippen LogP contribution >= 0.6 is 12.4 Å². The molecule has 2 rings (SSSR count). The quantitative estimate of drug-likeness (QED) is 0.855. The van der Waals surface area contributed by atoms with Crippen LogP contribution < -0.4 is 10.1 Å². The highest BCUT2D eigenvalue weighted by molar-refractivity contribution is 5.95. The number of hydrogen-bond acceptors (Lipinski definition) is 4. The number of nitrogens with one attached hydrogen (secondary N) is 1. The van der Waals surface area contributed by atoms with Crippen LogP contribution in [0.5, 0.6) is 5.75 Å². The zero-order chi connectivity index (χ0) is 17.7. The normalized spacial score (nSPS) is 15.4. The van der Waals surface area contributed by atoms with Crippen LogP contribution in [0.25, 0.3) is 0 Å². The van der Waals surface area contributed by atoms with Crippen molar-refractivity contribution < 1.29 is 14.3 Å². The molecule has 1 aromatic rings. The second-order valence-electron chi connectivity index (χ2n) is 6.26. The minimum Gasteiger partial charge on any atom is -0.496 e. The van der Waals surface area contributed by atoms with Crippen LogP contribution in [0.2, 0.25) is 0 Å². The van der Waals surface area contributed by atoms with Gasteiger partial charge in [-0.25, -0.2) is 0 Å². The molecule has 1 aromatic carbocycles. The Labute approximate surface area is 155 Å². The second kappa shape index (κ2) is 9.63. The monoisotopic (exact) mass is 369 g/mol. The molecule has 6 nitrogen and oxygen atoms in total. The van der Waals surface area contributed by atoms with Gasteiger partial charge in [0.2, 0.25) is 5.91 Å². The van der Waals surface area contributed by atoms with Crippen LogP contribution in [-0.2, 0) is 4.79 Å². The fraction of sp³-hybridized carbons (Fsp3) is 0.556. The van der Waals surface area contributed by atoms with E-state index in [-0.39, 0.29) is 30.1 Å². The van der Waals surface area contributed by atoms with Gasteiger partial charge in [0.1, 0.15) is 5.75 Å². The number of halogens is 1. The van der Waals surface area contributed by atoms with Crippen molar-refractivity contribution in [2.45, 2.75) is 13.8 Å². The Kier molecular flexibility index (Phi) is 8.19. The highest BCUT2D eigenvalue weighted by Gasteiger charge is 2.27. The summed E-state index contributed by atoms with van der Waals surface area (Å²) in [5.74, 6) is 0.811. The first-order valence-corrected chi connectivity index (χ1v) is 8.35. The molecule has 1 aliphatic rings. The lowest BCUT2D eigenvalue weighted by Gasteiger charge is -2.36. The van der Waals surface area contributed by atoms with Gasteiger partial charge in [-0.2, -0.15) is 0 Å². The summed E-state index contributed by atoms with van der Waals surface area (Å²) in [5, 5.41) is 3.03. The van der Waals surface area contributed by atoms with Gasteiger partial charge in [-0.3, -0.25) is 9.59 Å². The molecule has 0 aliphatic carbocycles. The van der Waals surface area contributed by atoms with E-state index in [2.05, 4.69) is 5.32 Å². The Morgan fingerprint density at radius 2 is 1.80 bits per heavy atom. The summed E-state index contributed by atoms with van der Waals surface area (Å²) in [5.41, 5.74) is 1.63. The van der Waals surface area contributed by atoms with Gasteiger partial charge in [-0.15, -0.1) is 12.4 Å². The number of aryl methyl sites for hydroxylation is 1. The van der Waals surface area contributed by atoms with Crippen molar-refractivity contribution in [1.29, 1.82) is 0 Å². The molecule has 2 amide bonds. The summed E-state index contributed by atoms with van der Waals surface area (Å²) < 4.78 is 5.29. The smallest absolute Gasteiger partial charge is 0.254 e. The third-order valence-electron chi connectivity index (χ3n) is 4.47. The van der Waals surface area contributed by atoms with Crippen LogP contribution in [0, 0.1) is 12.8 Å². The Balaban J connectivity index is 0.00000312. The Bertz CT molecular complexity index is 601. The summed E-state index contributed by atoms with van der Waals surface area (Å²) >= 11 is 0. The molecule has 140 valence electrons. The van der Waals surface area contributed by atoms with E-state index in [0.29, 0.717) is 38.3 Å². The van der Waals surface area contributed by atoms with E-state index in [1.165, 1.54) is 0 Å². The number of carbonyl (C=O) groups is 2. The first-order chi connectivity index (χ1) is 11.5. The molecular weight excluding hydrogens is 342 g/mol. The molecule has 1 unspecified atom stereocenters. The van der Waals surface area contributed by atoms with Crippen molar-refractivity contribution in [2.24, 2.45) is 5.92 Å². The first kappa shape index (κ1) is 21.3. The molecule has 1 fully saturated rings. The van der Waals surface area contributed by atoms with E-state index in [1.807, 2.05) is 37.9 Å². The molecule has 25 heavy (non-hydrogen) atoms. The molecule has 7 heteroatoms. The van der Waals surface area contributed by atoms with Crippen LogP contribution in [0.3, 0.4) is 0 Å². The highest BCUT2D eigenvalue weighted by Crippen LogP contribution is 2.20. The van der Waals surface area contributed by atoms with Gasteiger partial charge in [0.15, 0.2) is 0 Å². The first-order valence-electron chi connectivity index (χ1n) is 8.35. The number of methoxy groups -OCH3 is 1. The lowest BCUT2D eigenvalue weighted by molar-refractivity contribution is -0.136. The maximum absolute atomic E-state index is 12.6. The van der Waals surface area contributed by atoms with Crippen LogP contribution in [0.15, 0.2) is 18.2 Å². The van der Waals surface area contributed by atoms with Gasteiger partial charge in [0.25, 0.3) is 5.91 Å². The number of benzene rings is 1. The second-order valence-corrected chi connectivity index (χ2v) is 6.26. The fourth-order valence-corrected chi connectivity index (χ4v) is 2.97. The number of amides is 2. The summed E-state index contributed by atoms with van der Waals surface area (Å²) in [6.45, 7) is 6.84. The molecule has 1 aliphatic heterocycles. The van der Waals surface area contributed by atoms with Crippen molar-refractivity contribution in [3.8, 4) is 5.75 Å². The number of rotatable bonds is 5. The van der Waals surface area contributed by atoms with Gasteiger partial charge < -0.3 is 19.9 Å². The standard InChI is InChI=1S/C18H27N3O3.ClH/c1-13-5-6-15(11-16(13)24-4)18(23)21-9-7-20(8-10-21)17(22)14(2)12-19-3;/h5-6,11,14,19H,7-10,12H2,1-4H3;1H. The van der Waals surface area contributed by atoms with Gasteiger partial charge in [-0.1, -0.05) is 13.0 Å². The third kappa shape index (κ3) is 5.09. The van der Waals surface area contributed by atoms with E-state index in [9.17, 15) is 9.59 Å². The predicted molar refractivity (Wildman–Crippen MR) is 101 cm³/mol. The Hall–Kier alpha value is -1.79.